The van der Waals surface area contributed by atoms with Gasteiger partial charge in [0.25, 0.3) is 0 Å². The Kier molecular flexibility index (Phi) is 5.12. The van der Waals surface area contributed by atoms with Crippen LogP contribution < -0.4 is 19.6 Å². The second kappa shape index (κ2) is 7.85. The predicted octanol–water partition coefficient (Wildman–Crippen LogP) is 4.01. The number of nitrogens with one attached hydrogen (secondary N) is 1. The van der Waals surface area contributed by atoms with Crippen molar-refractivity contribution in [3.8, 4) is 28.6 Å². The highest BCUT2D eigenvalue weighted by molar-refractivity contribution is 8.02. The topological polar surface area (TPSA) is 70.4 Å². The summed E-state index contributed by atoms with van der Waals surface area (Å²) in [6.07, 6.45) is 0. The van der Waals surface area contributed by atoms with Gasteiger partial charge in [-0.1, -0.05) is 23.9 Å². The maximum absolute atomic E-state index is 5.76. The number of hydrogen-bond donors (Lipinski definition) is 1. The molecular weight excluding hydrogens is 376 g/mol. The lowest BCUT2D eigenvalue weighted by Gasteiger charge is -2.20. The first-order chi connectivity index (χ1) is 13.7. The third-order valence-electron chi connectivity index (χ3n) is 4.27. The van der Waals surface area contributed by atoms with Crippen molar-refractivity contribution in [3.63, 3.8) is 0 Å². The minimum atomic E-state index is 0.580. The van der Waals surface area contributed by atoms with Crippen LogP contribution in [0.3, 0.4) is 0 Å². The molecule has 1 aliphatic heterocycles. The highest BCUT2D eigenvalue weighted by Gasteiger charge is 2.22. The van der Waals surface area contributed by atoms with Gasteiger partial charge in [0, 0.05) is 11.0 Å². The van der Waals surface area contributed by atoms with E-state index in [2.05, 4.69) is 15.6 Å². The molecule has 0 saturated heterocycles. The van der Waals surface area contributed by atoms with Gasteiger partial charge < -0.3 is 14.2 Å². The van der Waals surface area contributed by atoms with Gasteiger partial charge in [0.15, 0.2) is 17.3 Å². The van der Waals surface area contributed by atoms with Crippen molar-refractivity contribution in [2.45, 2.75) is 12.1 Å². The summed E-state index contributed by atoms with van der Waals surface area (Å²) in [5, 5.41) is 11.4. The minimum Gasteiger partial charge on any atom is -0.493 e. The van der Waals surface area contributed by atoms with E-state index in [-0.39, 0.29) is 0 Å². The SMILES string of the molecule is CCOc1ccccc1-c1nnc2n1NC(c1ccc(OC)c(OC)c1)=CS2. The fourth-order valence-electron chi connectivity index (χ4n) is 2.95. The molecular formula is C20H20N4O3S. The second-order valence-corrected chi connectivity index (χ2v) is 6.74. The summed E-state index contributed by atoms with van der Waals surface area (Å²) >= 11 is 1.50. The van der Waals surface area contributed by atoms with Crippen LogP contribution in [0.4, 0.5) is 0 Å². The fraction of sp³-hybridized carbons (Fsp3) is 0.200. The summed E-state index contributed by atoms with van der Waals surface area (Å²) in [5.41, 5.74) is 6.15. The van der Waals surface area contributed by atoms with Crippen molar-refractivity contribution < 1.29 is 14.2 Å². The predicted molar refractivity (Wildman–Crippen MR) is 109 cm³/mol. The molecule has 144 valence electrons. The molecule has 0 fully saturated rings. The fourth-order valence-corrected chi connectivity index (χ4v) is 3.69. The highest BCUT2D eigenvalue weighted by atomic mass is 32.2. The molecule has 0 atom stereocenters. The van der Waals surface area contributed by atoms with E-state index in [1.165, 1.54) is 11.8 Å². The molecule has 2 heterocycles. The van der Waals surface area contributed by atoms with Crippen LogP contribution in [0.15, 0.2) is 53.0 Å². The van der Waals surface area contributed by atoms with Gasteiger partial charge >= 0.3 is 0 Å². The molecule has 1 aromatic heterocycles. The van der Waals surface area contributed by atoms with Crippen molar-refractivity contribution in [1.82, 2.24) is 14.9 Å². The Labute approximate surface area is 167 Å². The Balaban J connectivity index is 1.69. The van der Waals surface area contributed by atoms with E-state index >= 15 is 0 Å². The van der Waals surface area contributed by atoms with Gasteiger partial charge in [-0.3, -0.25) is 5.43 Å². The number of hydrogen-bond acceptors (Lipinski definition) is 7. The monoisotopic (exact) mass is 396 g/mol. The summed E-state index contributed by atoms with van der Waals surface area (Å²) < 4.78 is 18.4. The van der Waals surface area contributed by atoms with E-state index in [0.717, 1.165) is 27.7 Å². The maximum Gasteiger partial charge on any atom is 0.214 e. The molecule has 0 radical (unpaired) electrons. The van der Waals surface area contributed by atoms with Crippen LogP contribution in [0.25, 0.3) is 17.1 Å². The third kappa shape index (κ3) is 3.27. The lowest BCUT2D eigenvalue weighted by Crippen LogP contribution is -2.18. The van der Waals surface area contributed by atoms with Gasteiger partial charge in [-0.05, 0) is 37.3 Å². The summed E-state index contributed by atoms with van der Waals surface area (Å²) in [5.74, 6) is 2.82. The van der Waals surface area contributed by atoms with Gasteiger partial charge in [-0.15, -0.1) is 10.2 Å². The van der Waals surface area contributed by atoms with Crippen LogP contribution in [0, 0.1) is 0 Å². The lowest BCUT2D eigenvalue weighted by atomic mass is 10.1. The largest absolute Gasteiger partial charge is 0.493 e. The molecule has 1 N–H and O–H groups in total. The van der Waals surface area contributed by atoms with E-state index in [1.807, 2.05) is 59.5 Å². The molecule has 0 bridgehead atoms. The zero-order valence-electron chi connectivity index (χ0n) is 15.8. The van der Waals surface area contributed by atoms with Crippen LogP contribution in [-0.4, -0.2) is 35.7 Å². The van der Waals surface area contributed by atoms with Gasteiger partial charge in [0.2, 0.25) is 5.16 Å². The van der Waals surface area contributed by atoms with Gasteiger partial charge in [0.05, 0.1) is 32.1 Å². The van der Waals surface area contributed by atoms with Crippen LogP contribution in [-0.2, 0) is 0 Å². The number of methoxy groups -OCH3 is 2. The molecule has 3 aromatic rings. The number of aromatic nitrogens is 3. The molecule has 1 aliphatic rings. The number of rotatable bonds is 6. The molecule has 2 aromatic carbocycles. The van der Waals surface area contributed by atoms with Crippen LogP contribution in [0.2, 0.25) is 0 Å². The molecule has 4 rings (SSSR count). The Bertz CT molecular complexity index is 1030. The Hall–Kier alpha value is -3.13. The normalized spacial score (nSPS) is 12.6. The summed E-state index contributed by atoms with van der Waals surface area (Å²) in [7, 11) is 3.25. The second-order valence-electron chi connectivity index (χ2n) is 5.90. The summed E-state index contributed by atoms with van der Waals surface area (Å²) in [4.78, 5) is 0. The van der Waals surface area contributed by atoms with Crippen molar-refractivity contribution in [2.24, 2.45) is 0 Å². The van der Waals surface area contributed by atoms with Crippen molar-refractivity contribution in [3.05, 3.63) is 53.4 Å². The first-order valence-electron chi connectivity index (χ1n) is 8.79. The average molecular weight is 396 g/mol. The molecule has 0 spiro atoms. The molecule has 0 aliphatic carbocycles. The van der Waals surface area contributed by atoms with E-state index in [1.54, 1.807) is 14.2 Å². The average Bonchev–Trinajstić information content (AvgIpc) is 3.17. The van der Waals surface area contributed by atoms with Gasteiger partial charge in [-0.25, -0.2) is 4.68 Å². The Morgan fingerprint density at radius 2 is 1.82 bits per heavy atom. The van der Waals surface area contributed by atoms with Gasteiger partial charge in [0.1, 0.15) is 5.75 Å². The quantitative estimate of drug-likeness (QED) is 0.675. The Morgan fingerprint density at radius 1 is 1.00 bits per heavy atom. The first kappa shape index (κ1) is 18.2. The number of thioether (sulfide) groups is 1. The molecule has 0 saturated carbocycles. The van der Waals surface area contributed by atoms with Crippen molar-refractivity contribution in [2.75, 3.05) is 26.3 Å². The third-order valence-corrected chi connectivity index (χ3v) is 5.10. The standard InChI is InChI=1S/C20H20N4O3S/c1-4-27-16-8-6-5-7-14(16)19-21-22-20-24(19)23-15(12-28-20)13-9-10-17(25-2)18(11-13)26-3/h5-12,23H,4H2,1-3H3. The first-order valence-corrected chi connectivity index (χ1v) is 9.67. The van der Waals surface area contributed by atoms with E-state index < -0.39 is 0 Å². The molecule has 8 heteroatoms. The number of para-hydroxylation sites is 1. The zero-order chi connectivity index (χ0) is 19.5. The van der Waals surface area contributed by atoms with Crippen molar-refractivity contribution in [1.29, 1.82) is 0 Å². The van der Waals surface area contributed by atoms with Gasteiger partial charge in [-0.2, -0.15) is 0 Å². The summed E-state index contributed by atoms with van der Waals surface area (Å²) in [6, 6.07) is 13.6. The van der Waals surface area contributed by atoms with Crippen LogP contribution >= 0.6 is 11.8 Å². The van der Waals surface area contributed by atoms with Crippen LogP contribution in [0.1, 0.15) is 12.5 Å². The number of nitrogens with zero attached hydrogens (tertiary/aromatic N) is 3. The summed E-state index contributed by atoms with van der Waals surface area (Å²) in [6.45, 7) is 2.54. The minimum absolute atomic E-state index is 0.580. The highest BCUT2D eigenvalue weighted by Crippen LogP contribution is 2.36. The van der Waals surface area contributed by atoms with E-state index in [4.69, 9.17) is 14.2 Å². The van der Waals surface area contributed by atoms with E-state index in [9.17, 15) is 0 Å². The molecule has 0 amide bonds. The Morgan fingerprint density at radius 3 is 2.61 bits per heavy atom. The number of ether oxygens (including phenoxy) is 3. The number of fused-ring (bicyclic) bond motifs is 1. The van der Waals surface area contributed by atoms with Crippen LogP contribution in [0.5, 0.6) is 17.2 Å². The van der Waals surface area contributed by atoms with Crippen molar-refractivity contribution >= 4 is 17.5 Å². The lowest BCUT2D eigenvalue weighted by molar-refractivity contribution is 0.341. The molecule has 28 heavy (non-hydrogen) atoms. The maximum atomic E-state index is 5.76. The number of benzene rings is 2. The zero-order valence-corrected chi connectivity index (χ0v) is 16.6. The smallest absolute Gasteiger partial charge is 0.214 e. The van der Waals surface area contributed by atoms with E-state index in [0.29, 0.717) is 23.9 Å². The molecule has 7 nitrogen and oxygen atoms in total. The molecule has 0 unspecified atom stereocenters.